The van der Waals surface area contributed by atoms with Crippen molar-refractivity contribution in [1.82, 2.24) is 9.44 Å². The second-order valence-electron chi connectivity index (χ2n) is 2.95. The van der Waals surface area contributed by atoms with E-state index in [9.17, 15) is 13.2 Å². The number of amides is 1. The molecule has 0 heterocycles. The number of hydrogen-bond acceptors (Lipinski definition) is 7. The molecule has 0 aliphatic rings. The highest BCUT2D eigenvalue weighted by molar-refractivity contribution is 7.88. The predicted molar refractivity (Wildman–Crippen MR) is 51.6 cm³/mol. The molecule has 0 spiro atoms. The third-order valence-corrected chi connectivity index (χ3v) is 2.80. The van der Waals surface area contributed by atoms with Crippen LogP contribution in [0.4, 0.5) is 4.79 Å². The van der Waals surface area contributed by atoms with E-state index in [0.29, 0.717) is 0 Å². The van der Waals surface area contributed by atoms with E-state index in [4.69, 9.17) is 15.3 Å². The second-order valence-corrected chi connectivity index (χ2v) is 4.37. The van der Waals surface area contributed by atoms with Crippen LogP contribution in [0.15, 0.2) is 0 Å². The third kappa shape index (κ3) is 4.28. The summed E-state index contributed by atoms with van der Waals surface area (Å²) < 4.78 is 29.7. The molecule has 0 unspecified atom stereocenters. The first-order chi connectivity index (χ1) is 7.34. The first-order valence-corrected chi connectivity index (χ1v) is 5.55. The first-order valence-electron chi connectivity index (χ1n) is 4.07. The molecule has 0 aromatic carbocycles. The van der Waals surface area contributed by atoms with Crippen LogP contribution < -0.4 is 9.44 Å². The Labute approximate surface area is 92.2 Å². The summed E-state index contributed by atoms with van der Waals surface area (Å²) in [6, 6.07) is 0. The SMILES string of the molecule is COC(=O)NS(=O)(=O)NC(CO)(CO)CO. The lowest BCUT2D eigenvalue weighted by atomic mass is 10.1. The van der Waals surface area contributed by atoms with Gasteiger partial charge in [-0.3, -0.25) is 0 Å². The van der Waals surface area contributed by atoms with E-state index in [1.807, 2.05) is 0 Å². The van der Waals surface area contributed by atoms with E-state index in [-0.39, 0.29) is 0 Å². The maximum absolute atomic E-state index is 11.2. The van der Waals surface area contributed by atoms with Gasteiger partial charge in [-0.1, -0.05) is 0 Å². The van der Waals surface area contributed by atoms with Gasteiger partial charge in [-0.2, -0.15) is 13.1 Å². The summed E-state index contributed by atoms with van der Waals surface area (Å²) >= 11 is 0. The van der Waals surface area contributed by atoms with E-state index in [1.54, 1.807) is 4.72 Å². The fourth-order valence-electron chi connectivity index (χ4n) is 0.709. The molecule has 0 saturated carbocycles. The molecule has 0 radical (unpaired) electrons. The molecular weight excluding hydrogens is 244 g/mol. The highest BCUT2D eigenvalue weighted by Crippen LogP contribution is 2.03. The van der Waals surface area contributed by atoms with E-state index in [2.05, 4.69) is 4.74 Å². The van der Waals surface area contributed by atoms with Gasteiger partial charge in [0.1, 0.15) is 5.54 Å². The number of carbonyl (C=O) groups is 1. The summed E-state index contributed by atoms with van der Waals surface area (Å²) in [6.45, 7) is -2.54. The van der Waals surface area contributed by atoms with Crippen LogP contribution in [0.5, 0.6) is 0 Å². The number of carbonyl (C=O) groups excluding carboxylic acids is 1. The van der Waals surface area contributed by atoms with E-state index < -0.39 is 41.7 Å². The lowest BCUT2D eigenvalue weighted by Crippen LogP contribution is -2.60. The maximum Gasteiger partial charge on any atom is 0.421 e. The van der Waals surface area contributed by atoms with Crippen molar-refractivity contribution in [3.05, 3.63) is 0 Å². The average molecular weight is 258 g/mol. The summed E-state index contributed by atoms with van der Waals surface area (Å²) in [4.78, 5) is 10.6. The monoisotopic (exact) mass is 258 g/mol. The molecular formula is C6H14N2O7S. The fraction of sp³-hybridized carbons (Fsp3) is 0.833. The summed E-state index contributed by atoms with van der Waals surface area (Å²) in [5.41, 5.74) is -1.85. The van der Waals surface area contributed by atoms with Crippen LogP contribution in [0.25, 0.3) is 0 Å². The summed E-state index contributed by atoms with van der Waals surface area (Å²) in [5, 5.41) is 26.5. The zero-order chi connectivity index (χ0) is 12.8. The quantitative estimate of drug-likeness (QED) is 0.339. The van der Waals surface area contributed by atoms with Gasteiger partial charge in [-0.05, 0) is 0 Å². The van der Waals surface area contributed by atoms with Gasteiger partial charge in [-0.25, -0.2) is 9.52 Å². The molecule has 10 heteroatoms. The average Bonchev–Trinajstić information content (AvgIpc) is 2.25. The normalized spacial score (nSPS) is 12.2. The van der Waals surface area contributed by atoms with Crippen molar-refractivity contribution in [2.45, 2.75) is 5.54 Å². The van der Waals surface area contributed by atoms with Crippen molar-refractivity contribution < 1.29 is 33.3 Å². The molecule has 0 aliphatic carbocycles. The van der Waals surface area contributed by atoms with E-state index in [1.165, 1.54) is 4.72 Å². The zero-order valence-corrected chi connectivity index (χ0v) is 9.32. The van der Waals surface area contributed by atoms with Gasteiger partial charge in [0.25, 0.3) is 0 Å². The number of rotatable bonds is 6. The largest absolute Gasteiger partial charge is 0.452 e. The van der Waals surface area contributed by atoms with Crippen molar-refractivity contribution in [2.75, 3.05) is 26.9 Å². The Hall–Kier alpha value is -0.940. The Bertz CT molecular complexity index is 316. The third-order valence-electron chi connectivity index (χ3n) is 1.66. The van der Waals surface area contributed by atoms with Crippen LogP contribution in [0.2, 0.25) is 0 Å². The van der Waals surface area contributed by atoms with Crippen LogP contribution >= 0.6 is 0 Å². The molecule has 0 aromatic heterocycles. The zero-order valence-electron chi connectivity index (χ0n) is 8.50. The molecule has 0 aromatic rings. The van der Waals surface area contributed by atoms with Crippen LogP contribution in [0, 0.1) is 0 Å². The lowest BCUT2D eigenvalue weighted by molar-refractivity contribution is 0.0578. The van der Waals surface area contributed by atoms with E-state index >= 15 is 0 Å². The van der Waals surface area contributed by atoms with Gasteiger partial charge < -0.3 is 20.1 Å². The van der Waals surface area contributed by atoms with Crippen molar-refractivity contribution in [2.24, 2.45) is 0 Å². The minimum atomic E-state index is -4.34. The van der Waals surface area contributed by atoms with Gasteiger partial charge in [0.2, 0.25) is 0 Å². The summed E-state index contributed by atoms with van der Waals surface area (Å²) in [6.07, 6.45) is -1.24. The highest BCUT2D eigenvalue weighted by atomic mass is 32.2. The standard InChI is InChI=1S/C6H14N2O7S/c1-15-5(12)7-16(13,14)8-6(2-9,3-10)4-11/h8-11H,2-4H2,1H3,(H,7,12). The molecule has 0 fully saturated rings. The molecule has 0 aliphatic heterocycles. The van der Waals surface area contributed by atoms with Crippen molar-refractivity contribution in [3.63, 3.8) is 0 Å². The molecule has 9 nitrogen and oxygen atoms in total. The van der Waals surface area contributed by atoms with Gasteiger partial charge in [0, 0.05) is 0 Å². The van der Waals surface area contributed by atoms with E-state index in [0.717, 1.165) is 7.11 Å². The Kier molecular flexibility index (Phi) is 5.61. The molecule has 0 saturated heterocycles. The van der Waals surface area contributed by atoms with Gasteiger partial charge in [0.15, 0.2) is 0 Å². The van der Waals surface area contributed by atoms with Crippen molar-refractivity contribution >= 4 is 16.3 Å². The number of methoxy groups -OCH3 is 1. The minimum Gasteiger partial charge on any atom is -0.452 e. The van der Waals surface area contributed by atoms with Crippen LogP contribution in [-0.4, -0.2) is 62.3 Å². The molecule has 5 N–H and O–H groups in total. The topological polar surface area (TPSA) is 145 Å². The fourth-order valence-corrected chi connectivity index (χ4v) is 1.83. The van der Waals surface area contributed by atoms with Crippen LogP contribution in [0.3, 0.4) is 0 Å². The number of hydrogen-bond donors (Lipinski definition) is 5. The molecule has 0 rings (SSSR count). The van der Waals surface area contributed by atoms with Gasteiger partial charge in [-0.15, -0.1) is 0 Å². The predicted octanol–water partition coefficient (Wildman–Crippen LogP) is -3.11. The molecule has 96 valence electrons. The molecule has 1 amide bonds. The Morgan fingerprint density at radius 2 is 1.69 bits per heavy atom. The van der Waals surface area contributed by atoms with Crippen LogP contribution in [0.1, 0.15) is 0 Å². The van der Waals surface area contributed by atoms with Crippen LogP contribution in [-0.2, 0) is 14.9 Å². The Morgan fingerprint density at radius 3 is 2.00 bits per heavy atom. The lowest BCUT2D eigenvalue weighted by Gasteiger charge is -2.27. The van der Waals surface area contributed by atoms with Gasteiger partial charge >= 0.3 is 16.3 Å². The first kappa shape index (κ1) is 15.1. The molecule has 0 bridgehead atoms. The summed E-state index contributed by atoms with van der Waals surface area (Å²) in [7, 11) is -3.38. The smallest absolute Gasteiger partial charge is 0.421 e. The van der Waals surface area contributed by atoms with Crippen molar-refractivity contribution in [1.29, 1.82) is 0 Å². The number of ether oxygens (including phenoxy) is 1. The van der Waals surface area contributed by atoms with Gasteiger partial charge in [0.05, 0.1) is 26.9 Å². The minimum absolute atomic E-state index is 0.845. The highest BCUT2D eigenvalue weighted by Gasteiger charge is 2.33. The maximum atomic E-state index is 11.2. The molecule has 0 atom stereocenters. The van der Waals surface area contributed by atoms with Crippen molar-refractivity contribution in [3.8, 4) is 0 Å². The Balaban J connectivity index is 4.73. The number of nitrogens with one attached hydrogen (secondary N) is 2. The Morgan fingerprint density at radius 1 is 1.25 bits per heavy atom. The summed E-state index contributed by atoms with van der Waals surface area (Å²) in [5.74, 6) is 0. The number of aliphatic hydroxyl groups excluding tert-OH is 3. The number of aliphatic hydroxyl groups is 3. The molecule has 16 heavy (non-hydrogen) atoms. The second kappa shape index (κ2) is 5.96.